The molecule has 2 aromatic rings. The van der Waals surface area contributed by atoms with E-state index in [0.717, 1.165) is 0 Å². The minimum absolute atomic E-state index is 0.166. The Morgan fingerprint density at radius 3 is 1.44 bits per heavy atom. The lowest BCUT2D eigenvalue weighted by atomic mass is 9.95. The molecule has 0 aliphatic heterocycles. The Morgan fingerprint density at radius 1 is 0.632 bits per heavy atom. The van der Waals surface area contributed by atoms with Crippen LogP contribution in [0.15, 0.2) is 60.7 Å². The van der Waals surface area contributed by atoms with Crippen LogP contribution >= 0.6 is 0 Å². The van der Waals surface area contributed by atoms with Crippen molar-refractivity contribution in [2.24, 2.45) is 23.5 Å². The van der Waals surface area contributed by atoms with E-state index in [1.54, 1.807) is 75.4 Å². The molecule has 0 fully saturated rings. The van der Waals surface area contributed by atoms with Crippen molar-refractivity contribution in [2.45, 2.75) is 130 Å². The average Bonchev–Trinajstić information content (AvgIpc) is 3.23. The summed E-state index contributed by atoms with van der Waals surface area (Å²) in [5.41, 5.74) is 7.47. The summed E-state index contributed by atoms with van der Waals surface area (Å²) in [6.45, 7) is 12.0. The molecule has 57 heavy (non-hydrogen) atoms. The summed E-state index contributed by atoms with van der Waals surface area (Å²) in [5.74, 6) is -4.34. The molecule has 0 radical (unpaired) electrons. The van der Waals surface area contributed by atoms with E-state index in [-0.39, 0.29) is 31.0 Å². The SMILES string of the molecule is CCC(C)[C@H](NC(=O)[C@H](OCc1ccccc1)[C@H](O)[C@@H](OC(C)OC(=O)[C@@H](N)[C@@H](C)CC)[C@@H](OCc1ccccc1)C(=O)N[C@H](C(=O)NC)C(C)CC)C(=O)NC. The number of carbonyl (C=O) groups excluding carboxylic acids is 5. The predicted molar refractivity (Wildman–Crippen MR) is 215 cm³/mol. The molecule has 7 N–H and O–H groups in total. The lowest BCUT2D eigenvalue weighted by Gasteiger charge is -2.36. The van der Waals surface area contributed by atoms with E-state index in [2.05, 4.69) is 21.3 Å². The molecule has 0 bridgehead atoms. The van der Waals surface area contributed by atoms with Gasteiger partial charge in [0.1, 0.15) is 30.3 Å². The number of hydrogen-bond donors (Lipinski definition) is 6. The number of rotatable bonds is 25. The summed E-state index contributed by atoms with van der Waals surface area (Å²) in [5, 5.41) is 23.0. The molecule has 15 nitrogen and oxygen atoms in total. The van der Waals surface area contributed by atoms with Crippen LogP contribution in [0, 0.1) is 17.8 Å². The topological polar surface area (TPSA) is 217 Å². The van der Waals surface area contributed by atoms with E-state index >= 15 is 0 Å². The maximum atomic E-state index is 14.5. The molecular weight excluding hydrogens is 734 g/mol. The number of aliphatic hydroxyl groups excluding tert-OH is 1. The Balaban J connectivity index is 2.76. The molecule has 0 saturated heterocycles. The van der Waals surface area contributed by atoms with E-state index in [0.29, 0.717) is 30.4 Å². The number of nitrogens with one attached hydrogen (secondary N) is 4. The van der Waals surface area contributed by atoms with Crippen molar-refractivity contribution in [3.8, 4) is 0 Å². The summed E-state index contributed by atoms with van der Waals surface area (Å²) in [4.78, 5) is 67.9. The molecule has 3 unspecified atom stereocenters. The van der Waals surface area contributed by atoms with Crippen LogP contribution in [-0.2, 0) is 56.1 Å². The summed E-state index contributed by atoms with van der Waals surface area (Å²) >= 11 is 0. The van der Waals surface area contributed by atoms with Crippen molar-refractivity contribution in [1.82, 2.24) is 21.3 Å². The molecule has 4 amide bonds. The number of esters is 1. The minimum Gasteiger partial charge on any atom is -0.435 e. The molecule has 2 rings (SSSR count). The Labute approximate surface area is 337 Å². The van der Waals surface area contributed by atoms with Gasteiger partial charge in [-0.15, -0.1) is 0 Å². The maximum Gasteiger partial charge on any atom is 0.325 e. The van der Waals surface area contributed by atoms with Gasteiger partial charge in [-0.3, -0.25) is 24.0 Å². The number of nitrogens with two attached hydrogens (primary N) is 1. The van der Waals surface area contributed by atoms with Crippen LogP contribution in [0.5, 0.6) is 0 Å². The van der Waals surface area contributed by atoms with Crippen LogP contribution in [0.25, 0.3) is 0 Å². The van der Waals surface area contributed by atoms with Gasteiger partial charge in [-0.05, 0) is 35.8 Å². The Morgan fingerprint density at radius 2 is 1.04 bits per heavy atom. The zero-order chi connectivity index (χ0) is 42.7. The van der Waals surface area contributed by atoms with Gasteiger partial charge in [-0.25, -0.2) is 0 Å². The quantitative estimate of drug-likeness (QED) is 0.0634. The summed E-state index contributed by atoms with van der Waals surface area (Å²) in [7, 11) is 2.89. The van der Waals surface area contributed by atoms with Crippen LogP contribution < -0.4 is 27.0 Å². The first-order valence-corrected chi connectivity index (χ1v) is 19.8. The first-order chi connectivity index (χ1) is 27.1. The summed E-state index contributed by atoms with van der Waals surface area (Å²) in [6, 6.07) is 14.7. The first-order valence-electron chi connectivity index (χ1n) is 19.8. The summed E-state index contributed by atoms with van der Waals surface area (Å²) in [6.07, 6.45) is -7.10. The van der Waals surface area contributed by atoms with Crippen molar-refractivity contribution in [3.63, 3.8) is 0 Å². The first kappa shape index (κ1) is 48.7. The van der Waals surface area contributed by atoms with E-state index in [9.17, 15) is 29.1 Å². The maximum absolute atomic E-state index is 14.5. The van der Waals surface area contributed by atoms with Crippen LogP contribution in [0.2, 0.25) is 0 Å². The van der Waals surface area contributed by atoms with Crippen LogP contribution in [0.4, 0.5) is 0 Å². The second-order valence-electron chi connectivity index (χ2n) is 14.4. The number of benzene rings is 2. The van der Waals surface area contributed by atoms with Gasteiger partial charge in [0, 0.05) is 14.1 Å². The van der Waals surface area contributed by atoms with Crippen molar-refractivity contribution in [1.29, 1.82) is 0 Å². The Bertz CT molecular complexity index is 1530. The molecule has 15 heteroatoms. The Kier molecular flexibility index (Phi) is 21.4. The van der Waals surface area contributed by atoms with Crippen molar-refractivity contribution < 1.29 is 48.0 Å². The molecule has 0 spiro atoms. The van der Waals surface area contributed by atoms with Gasteiger partial charge in [0.25, 0.3) is 11.8 Å². The van der Waals surface area contributed by atoms with Crippen LogP contribution in [-0.4, -0.2) is 97.6 Å². The highest BCUT2D eigenvalue weighted by Crippen LogP contribution is 2.23. The monoisotopic (exact) mass is 799 g/mol. The van der Waals surface area contributed by atoms with Crippen molar-refractivity contribution in [3.05, 3.63) is 71.8 Å². The zero-order valence-electron chi connectivity index (χ0n) is 34.9. The Hall–Kier alpha value is -4.41. The number of likely N-dealkylation sites (N-methyl/N-ethyl adjacent to an activating group) is 2. The standard InChI is InChI=1S/C42H65N5O10/c1-10-25(4)31(43)42(53)57-28(7)56-35(37(55-24-30-21-17-14-18-22-30)41(52)47-33(27(6)12-3)39(50)45-9)34(48)36(54-23-29-19-15-13-16-20-29)40(51)46-32(26(5)11-2)38(49)44-8/h13-22,25-28,31-37,48H,10-12,23-24,43H2,1-9H3,(H,44,49)(H,45,50)(H,46,51)(H,47,52)/t25-,26?,27?,28?,31-,32-,33-,34+,35+,36+,37+/m0/s1. The molecule has 2 aromatic carbocycles. The highest BCUT2D eigenvalue weighted by atomic mass is 16.7. The predicted octanol–water partition coefficient (Wildman–Crippen LogP) is 2.72. The largest absolute Gasteiger partial charge is 0.435 e. The minimum atomic E-state index is -2.01. The van der Waals surface area contributed by atoms with E-state index in [4.69, 9.17) is 24.7 Å². The molecule has 0 aliphatic carbocycles. The molecule has 0 saturated carbocycles. The lowest BCUT2D eigenvalue weighted by Crippen LogP contribution is -2.61. The van der Waals surface area contributed by atoms with Crippen molar-refractivity contribution in [2.75, 3.05) is 14.1 Å². The van der Waals surface area contributed by atoms with Crippen LogP contribution in [0.1, 0.15) is 78.9 Å². The zero-order valence-corrected chi connectivity index (χ0v) is 34.9. The smallest absolute Gasteiger partial charge is 0.325 e. The highest BCUT2D eigenvalue weighted by molar-refractivity contribution is 5.91. The van der Waals surface area contributed by atoms with E-state index < -0.39 is 78.4 Å². The van der Waals surface area contributed by atoms with Gasteiger partial charge in [-0.1, -0.05) is 121 Å². The third-order valence-electron chi connectivity index (χ3n) is 10.2. The molecule has 0 aliphatic rings. The summed E-state index contributed by atoms with van der Waals surface area (Å²) < 4.78 is 24.2. The van der Waals surface area contributed by atoms with Gasteiger partial charge < -0.3 is 51.1 Å². The van der Waals surface area contributed by atoms with Gasteiger partial charge in [-0.2, -0.15) is 0 Å². The second kappa shape index (κ2) is 25.1. The number of ether oxygens (including phenoxy) is 4. The number of aliphatic hydroxyl groups is 1. The van der Waals surface area contributed by atoms with Crippen LogP contribution in [0.3, 0.4) is 0 Å². The normalized spacial score (nSPS) is 17.2. The third kappa shape index (κ3) is 15.1. The molecule has 318 valence electrons. The van der Waals surface area contributed by atoms with E-state index in [1.165, 1.54) is 21.0 Å². The van der Waals surface area contributed by atoms with Gasteiger partial charge >= 0.3 is 5.97 Å². The fraction of sp³-hybridized carbons (Fsp3) is 0.595. The fourth-order valence-corrected chi connectivity index (χ4v) is 5.84. The molecule has 0 heterocycles. The molecule has 0 aromatic heterocycles. The van der Waals surface area contributed by atoms with Crippen molar-refractivity contribution >= 4 is 29.6 Å². The molecular formula is C42H65N5O10. The second-order valence-corrected chi connectivity index (χ2v) is 14.4. The lowest BCUT2D eigenvalue weighted by molar-refractivity contribution is -0.229. The fourth-order valence-electron chi connectivity index (χ4n) is 5.84. The highest BCUT2D eigenvalue weighted by Gasteiger charge is 2.46. The third-order valence-corrected chi connectivity index (χ3v) is 10.2. The number of amides is 4. The van der Waals surface area contributed by atoms with E-state index in [1.807, 2.05) is 26.8 Å². The van der Waals surface area contributed by atoms with Gasteiger partial charge in [0.05, 0.1) is 13.2 Å². The number of carbonyl (C=O) groups is 5. The average molecular weight is 800 g/mol. The molecule has 11 atom stereocenters. The number of hydrogen-bond acceptors (Lipinski definition) is 11. The van der Waals surface area contributed by atoms with Gasteiger partial charge in [0.2, 0.25) is 18.1 Å². The van der Waals surface area contributed by atoms with Gasteiger partial charge in [0.15, 0.2) is 12.2 Å².